The van der Waals surface area contributed by atoms with Gasteiger partial charge in [0.25, 0.3) is 0 Å². The average Bonchev–Trinajstić information content (AvgIpc) is 2.91. The number of hydrogen-bond donors (Lipinski definition) is 10. The van der Waals surface area contributed by atoms with Crippen molar-refractivity contribution in [2.45, 2.75) is 119 Å². The Morgan fingerprint density at radius 1 is 0.976 bits per heavy atom. The molecule has 42 heavy (non-hydrogen) atoms. The predicted octanol–water partition coefficient (Wildman–Crippen LogP) is -2.47. The normalized spacial score (nSPS) is 40.5. The molecule has 0 bridgehead atoms. The largest absolute Gasteiger partial charge is 0.481 e. The zero-order chi connectivity index (χ0) is 31.6. The van der Waals surface area contributed by atoms with Crippen molar-refractivity contribution >= 4 is 11.9 Å². The number of hydrogen-bond acceptors (Lipinski definition) is 13. The van der Waals surface area contributed by atoms with Crippen LogP contribution >= 0.6 is 0 Å². The SMILES string of the molecule is CCN[C@@H]1C[C@H](N)[C@H](O[C@H]2C[C@H](CNC)CC[C@H]2N)[C@H](O)[C@H]1O[C@@H]1OC[C@@](C)(O)[C@@H](NC)[C@@H]1O.O=C(O)CCC(=O)O. The number of carbonyl (C=O) groups is 2. The van der Waals surface area contributed by atoms with Gasteiger partial charge in [-0.05, 0) is 65.7 Å². The first kappa shape index (κ1) is 36.7. The van der Waals surface area contributed by atoms with Crippen LogP contribution in [0.15, 0.2) is 0 Å². The van der Waals surface area contributed by atoms with Crippen LogP contribution in [-0.2, 0) is 23.8 Å². The summed E-state index contributed by atoms with van der Waals surface area (Å²) in [5, 5.41) is 58.1. The van der Waals surface area contributed by atoms with E-state index in [1.54, 1.807) is 14.0 Å². The maximum absolute atomic E-state index is 11.4. The molecule has 3 rings (SSSR count). The van der Waals surface area contributed by atoms with Crippen LogP contribution in [0, 0.1) is 5.92 Å². The summed E-state index contributed by atoms with van der Waals surface area (Å²) in [6.45, 7) is 5.12. The molecule has 1 heterocycles. The van der Waals surface area contributed by atoms with Crippen molar-refractivity contribution < 1.29 is 49.3 Å². The molecule has 0 spiro atoms. The number of aliphatic hydroxyl groups is 3. The predicted molar refractivity (Wildman–Crippen MR) is 153 cm³/mol. The molecule has 3 aliphatic rings. The first-order valence-electron chi connectivity index (χ1n) is 14.8. The van der Waals surface area contributed by atoms with Crippen LogP contribution in [0.3, 0.4) is 0 Å². The van der Waals surface area contributed by atoms with Gasteiger partial charge in [-0.2, -0.15) is 0 Å². The van der Waals surface area contributed by atoms with Crippen molar-refractivity contribution in [2.75, 3.05) is 33.8 Å². The van der Waals surface area contributed by atoms with E-state index in [1.807, 2.05) is 14.0 Å². The van der Waals surface area contributed by atoms with Crippen molar-refractivity contribution in [1.29, 1.82) is 0 Å². The van der Waals surface area contributed by atoms with Gasteiger partial charge >= 0.3 is 11.9 Å². The molecule has 2 aliphatic carbocycles. The Kier molecular flexibility index (Phi) is 14.9. The summed E-state index contributed by atoms with van der Waals surface area (Å²) in [5.41, 5.74) is 11.6. The lowest BCUT2D eigenvalue weighted by atomic mass is 9.81. The van der Waals surface area contributed by atoms with Gasteiger partial charge in [0.1, 0.15) is 30.0 Å². The van der Waals surface area contributed by atoms with E-state index < -0.39 is 60.3 Å². The van der Waals surface area contributed by atoms with E-state index in [0.29, 0.717) is 18.9 Å². The molecule has 1 saturated heterocycles. The summed E-state index contributed by atoms with van der Waals surface area (Å²) in [4.78, 5) is 19.3. The van der Waals surface area contributed by atoms with Crippen LogP contribution in [0.4, 0.5) is 0 Å². The number of aliphatic hydroxyl groups excluding tert-OH is 2. The molecular weight excluding hydrogens is 554 g/mol. The summed E-state index contributed by atoms with van der Waals surface area (Å²) in [7, 11) is 3.60. The molecule has 0 radical (unpaired) electrons. The third-order valence-electron chi connectivity index (χ3n) is 8.25. The lowest BCUT2D eigenvalue weighted by Gasteiger charge is -2.49. The van der Waals surface area contributed by atoms with E-state index in [4.69, 9.17) is 35.9 Å². The van der Waals surface area contributed by atoms with Gasteiger partial charge in [-0.1, -0.05) is 6.92 Å². The highest BCUT2D eigenvalue weighted by Crippen LogP contribution is 2.33. The monoisotopic (exact) mass is 607 g/mol. The molecule has 12 atom stereocenters. The summed E-state index contributed by atoms with van der Waals surface area (Å²) < 4.78 is 18.3. The average molecular weight is 608 g/mol. The summed E-state index contributed by atoms with van der Waals surface area (Å²) >= 11 is 0. The van der Waals surface area contributed by atoms with E-state index in [9.17, 15) is 24.9 Å². The van der Waals surface area contributed by atoms with Gasteiger partial charge < -0.3 is 67.2 Å². The molecule has 0 aromatic carbocycles. The second kappa shape index (κ2) is 17.1. The minimum atomic E-state index is -1.25. The Labute approximate surface area is 247 Å². The van der Waals surface area contributed by atoms with Crippen molar-refractivity contribution in [3.8, 4) is 0 Å². The molecule has 3 fully saturated rings. The summed E-state index contributed by atoms with van der Waals surface area (Å²) in [6, 6.07) is -1.42. The molecule has 15 heteroatoms. The van der Waals surface area contributed by atoms with Crippen LogP contribution in [0.2, 0.25) is 0 Å². The number of nitrogens with two attached hydrogens (primary N) is 2. The Hall–Kier alpha value is -1.50. The molecule has 1 aliphatic heterocycles. The summed E-state index contributed by atoms with van der Waals surface area (Å²) in [5.74, 6) is -1.69. The van der Waals surface area contributed by atoms with E-state index in [2.05, 4.69) is 16.0 Å². The molecule has 0 aromatic heterocycles. The number of carboxylic acid groups (broad SMARTS) is 2. The van der Waals surface area contributed by atoms with E-state index in [0.717, 1.165) is 25.8 Å². The molecule has 0 aromatic rings. The number of ether oxygens (including phenoxy) is 3. The fraction of sp³-hybridized carbons (Fsp3) is 0.926. The summed E-state index contributed by atoms with van der Waals surface area (Å²) in [6.07, 6.45) is -2.13. The second-order valence-corrected chi connectivity index (χ2v) is 11.8. The van der Waals surface area contributed by atoms with Crippen LogP contribution in [-0.4, -0.2) is 138 Å². The minimum absolute atomic E-state index is 0.0157. The minimum Gasteiger partial charge on any atom is -0.481 e. The number of likely N-dealkylation sites (N-methyl/N-ethyl adjacent to an activating group) is 2. The van der Waals surface area contributed by atoms with Crippen molar-refractivity contribution in [1.82, 2.24) is 16.0 Å². The molecule has 0 amide bonds. The van der Waals surface area contributed by atoms with E-state index in [1.165, 1.54) is 0 Å². The maximum Gasteiger partial charge on any atom is 0.303 e. The number of nitrogens with one attached hydrogen (secondary N) is 3. The van der Waals surface area contributed by atoms with Crippen molar-refractivity contribution in [2.24, 2.45) is 17.4 Å². The number of rotatable bonds is 12. The lowest BCUT2D eigenvalue weighted by molar-refractivity contribution is -0.300. The second-order valence-electron chi connectivity index (χ2n) is 11.8. The van der Waals surface area contributed by atoms with Gasteiger partial charge in [0.05, 0.1) is 31.6 Å². The first-order chi connectivity index (χ1) is 19.7. The Morgan fingerprint density at radius 3 is 2.17 bits per heavy atom. The van der Waals surface area contributed by atoms with Crippen molar-refractivity contribution in [3.63, 3.8) is 0 Å². The van der Waals surface area contributed by atoms with Gasteiger partial charge in [0.15, 0.2) is 6.29 Å². The highest BCUT2D eigenvalue weighted by Gasteiger charge is 2.51. The van der Waals surface area contributed by atoms with Gasteiger partial charge in [-0.15, -0.1) is 0 Å². The topological polar surface area (TPSA) is 251 Å². The maximum atomic E-state index is 11.4. The fourth-order valence-electron chi connectivity index (χ4n) is 6.06. The third-order valence-corrected chi connectivity index (χ3v) is 8.25. The molecule has 246 valence electrons. The Morgan fingerprint density at radius 2 is 1.62 bits per heavy atom. The van der Waals surface area contributed by atoms with Crippen LogP contribution in [0.25, 0.3) is 0 Å². The van der Waals surface area contributed by atoms with E-state index >= 15 is 0 Å². The van der Waals surface area contributed by atoms with Crippen LogP contribution < -0.4 is 27.4 Å². The van der Waals surface area contributed by atoms with Gasteiger partial charge in [0.2, 0.25) is 0 Å². The van der Waals surface area contributed by atoms with Crippen molar-refractivity contribution in [3.05, 3.63) is 0 Å². The highest BCUT2D eigenvalue weighted by atomic mass is 16.7. The molecular formula is C27H53N5O10. The first-order valence-corrected chi connectivity index (χ1v) is 14.8. The molecule has 2 saturated carbocycles. The fourth-order valence-corrected chi connectivity index (χ4v) is 6.06. The Bertz CT molecular complexity index is 825. The zero-order valence-corrected chi connectivity index (χ0v) is 25.1. The molecule has 15 nitrogen and oxygen atoms in total. The standard InChI is InChI=1S/C23H47N5O6.C4H6O4/c1-5-28-15-9-14(25)19(33-16-8-12(10-26-3)6-7-13(16)24)17(29)20(15)34-22-18(30)21(27-4)23(2,31)11-32-22;5-3(6)1-2-4(7)8/h12-22,26-31H,5-11,24-25H2,1-4H3;1-2H2,(H,5,6)(H,7,8)/t12-,13-,14+,15-,16+,17+,18+,19+,20+,21+,22+,23-;/m1./s1. The smallest absolute Gasteiger partial charge is 0.303 e. The van der Waals surface area contributed by atoms with Gasteiger partial charge in [0, 0.05) is 18.1 Å². The highest BCUT2D eigenvalue weighted by molar-refractivity contribution is 5.75. The van der Waals surface area contributed by atoms with Crippen LogP contribution in [0.5, 0.6) is 0 Å². The molecule has 0 unspecified atom stereocenters. The third kappa shape index (κ3) is 10.3. The van der Waals surface area contributed by atoms with Gasteiger partial charge in [-0.25, -0.2) is 0 Å². The zero-order valence-electron chi connectivity index (χ0n) is 25.1. The number of carboxylic acids is 2. The van der Waals surface area contributed by atoms with Gasteiger partial charge in [-0.3, -0.25) is 9.59 Å². The van der Waals surface area contributed by atoms with E-state index in [-0.39, 0.29) is 37.6 Å². The molecule has 12 N–H and O–H groups in total. The number of aliphatic carboxylic acids is 2. The quantitative estimate of drug-likeness (QED) is 0.110. The van der Waals surface area contributed by atoms with Crippen LogP contribution in [0.1, 0.15) is 52.4 Å². The lowest BCUT2D eigenvalue weighted by Crippen LogP contribution is -2.69. The Balaban J connectivity index is 0.000000675.